The van der Waals surface area contributed by atoms with Crippen molar-refractivity contribution in [2.75, 3.05) is 58.3 Å². The quantitative estimate of drug-likeness (QED) is 0.794. The van der Waals surface area contributed by atoms with Crippen molar-refractivity contribution >= 4 is 11.7 Å². The van der Waals surface area contributed by atoms with Crippen molar-refractivity contribution in [3.8, 4) is 0 Å². The minimum atomic E-state index is 0.134. The molecule has 0 aliphatic carbocycles. The number of rotatable bonds is 7. The molecule has 0 atom stereocenters. The molecule has 6 nitrogen and oxygen atoms in total. The lowest BCUT2D eigenvalue weighted by atomic mass is 10.0. The molecule has 2 aliphatic rings. The van der Waals surface area contributed by atoms with Crippen molar-refractivity contribution in [3.63, 3.8) is 0 Å². The third-order valence-corrected chi connectivity index (χ3v) is 5.47. The fourth-order valence-electron chi connectivity index (χ4n) is 3.81. The molecule has 0 unspecified atom stereocenters. The average molecular weight is 375 g/mol. The number of hydrogen-bond donors (Lipinski definition) is 1. The summed E-state index contributed by atoms with van der Waals surface area (Å²) in [5, 5.41) is 3.44. The first-order valence-electron chi connectivity index (χ1n) is 10.4. The Balaban J connectivity index is 1.83. The molecule has 1 fully saturated rings. The zero-order valence-corrected chi connectivity index (χ0v) is 17.1. The van der Waals surface area contributed by atoms with Gasteiger partial charge >= 0.3 is 0 Å². The third kappa shape index (κ3) is 5.20. The molecule has 1 amide bonds. The molecule has 1 N–H and O–H groups in total. The number of anilines is 1. The van der Waals surface area contributed by atoms with Gasteiger partial charge in [0.1, 0.15) is 5.82 Å². The van der Waals surface area contributed by atoms with Gasteiger partial charge in [0.2, 0.25) is 0 Å². The highest BCUT2D eigenvalue weighted by molar-refractivity contribution is 5.99. The molecule has 3 heterocycles. The first-order chi connectivity index (χ1) is 13.1. The predicted molar refractivity (Wildman–Crippen MR) is 108 cm³/mol. The Bertz CT molecular complexity index is 641. The van der Waals surface area contributed by atoms with Gasteiger partial charge in [-0.3, -0.25) is 4.79 Å². The van der Waals surface area contributed by atoms with Crippen LogP contribution in [0, 0.1) is 5.92 Å². The number of likely N-dealkylation sites (tertiary alicyclic amines) is 1. The summed E-state index contributed by atoms with van der Waals surface area (Å²) in [5.74, 6) is 1.41. The summed E-state index contributed by atoms with van der Waals surface area (Å²) in [6.07, 6.45) is 4.07. The van der Waals surface area contributed by atoms with E-state index in [2.05, 4.69) is 30.1 Å². The second-order valence-electron chi connectivity index (χ2n) is 8.10. The fourth-order valence-corrected chi connectivity index (χ4v) is 3.81. The number of hydrogen-bond acceptors (Lipinski definition) is 5. The molecular weight excluding hydrogens is 340 g/mol. The number of carbonyl (C=O) groups is 1. The summed E-state index contributed by atoms with van der Waals surface area (Å²) in [4.78, 5) is 22.4. The van der Waals surface area contributed by atoms with Gasteiger partial charge in [-0.15, -0.1) is 0 Å². The number of fused-ring (bicyclic) bond motifs is 1. The van der Waals surface area contributed by atoms with Crippen LogP contribution in [0.2, 0.25) is 0 Å². The summed E-state index contributed by atoms with van der Waals surface area (Å²) >= 11 is 0. The third-order valence-electron chi connectivity index (χ3n) is 5.47. The molecule has 1 aromatic heterocycles. The number of ether oxygens (including phenoxy) is 1. The maximum atomic E-state index is 13.1. The number of nitrogens with zero attached hydrogens (tertiary/aromatic N) is 3. The van der Waals surface area contributed by atoms with Gasteiger partial charge in [0.15, 0.2) is 0 Å². The molecule has 0 saturated carbocycles. The highest BCUT2D eigenvalue weighted by atomic mass is 16.5. The maximum Gasteiger partial charge on any atom is 0.257 e. The van der Waals surface area contributed by atoms with Crippen molar-refractivity contribution in [1.82, 2.24) is 14.8 Å². The number of pyridine rings is 1. The maximum absolute atomic E-state index is 13.1. The Kier molecular flexibility index (Phi) is 7.07. The first-order valence-corrected chi connectivity index (χ1v) is 10.4. The van der Waals surface area contributed by atoms with Crippen LogP contribution < -0.4 is 5.32 Å². The van der Waals surface area contributed by atoms with Crippen molar-refractivity contribution in [2.24, 2.45) is 5.92 Å². The smallest absolute Gasteiger partial charge is 0.257 e. The van der Waals surface area contributed by atoms with Gasteiger partial charge in [0.05, 0.1) is 12.2 Å². The highest BCUT2D eigenvalue weighted by Crippen LogP contribution is 2.24. The topological polar surface area (TPSA) is 57.7 Å². The summed E-state index contributed by atoms with van der Waals surface area (Å²) in [5.41, 5.74) is 3.12. The Hall–Kier alpha value is -1.66. The normalized spacial score (nSPS) is 17.9. The summed E-state index contributed by atoms with van der Waals surface area (Å²) in [6.45, 7) is 10.6. The van der Waals surface area contributed by atoms with Gasteiger partial charge < -0.3 is 19.9 Å². The molecule has 0 aromatic carbocycles. The molecule has 3 rings (SSSR count). The van der Waals surface area contributed by atoms with Gasteiger partial charge in [0, 0.05) is 58.5 Å². The average Bonchev–Trinajstić information content (AvgIpc) is 3.12. The molecule has 150 valence electrons. The number of carbonyl (C=O) groups excluding carboxylic acids is 1. The highest BCUT2D eigenvalue weighted by Gasteiger charge is 2.25. The number of methoxy groups -OCH3 is 1. The van der Waals surface area contributed by atoms with E-state index in [0.29, 0.717) is 5.92 Å². The van der Waals surface area contributed by atoms with Crippen molar-refractivity contribution < 1.29 is 9.53 Å². The second kappa shape index (κ2) is 9.51. The molecular formula is C21H34N4O2. The first kappa shape index (κ1) is 20.1. The molecule has 0 spiro atoms. The Labute approximate surface area is 163 Å². The van der Waals surface area contributed by atoms with E-state index in [0.717, 1.165) is 88.6 Å². The molecule has 1 aromatic rings. The fraction of sp³-hybridized carbons (Fsp3) is 0.714. The van der Waals surface area contributed by atoms with E-state index >= 15 is 0 Å². The summed E-state index contributed by atoms with van der Waals surface area (Å²) in [6, 6.07) is 2.12. The van der Waals surface area contributed by atoms with Gasteiger partial charge in [-0.1, -0.05) is 13.8 Å². The number of nitrogens with one attached hydrogen (secondary N) is 1. The van der Waals surface area contributed by atoms with E-state index in [-0.39, 0.29) is 5.91 Å². The molecule has 6 heteroatoms. The summed E-state index contributed by atoms with van der Waals surface area (Å²) in [7, 11) is 1.75. The van der Waals surface area contributed by atoms with Crippen LogP contribution in [-0.4, -0.2) is 73.7 Å². The lowest BCUT2D eigenvalue weighted by Crippen LogP contribution is -2.29. The standard InChI is InChI=1S/C21H34N4O2/c1-16(2)15-22-20-18(21(26)25-8-4-5-9-25)14-17-6-10-24(12-13-27-3)11-7-19(17)23-20/h14,16H,4-13,15H2,1-3H3,(H,22,23). The van der Waals surface area contributed by atoms with E-state index in [1.807, 2.05) is 4.90 Å². The molecule has 27 heavy (non-hydrogen) atoms. The molecule has 0 bridgehead atoms. The predicted octanol–water partition coefficient (Wildman–Crippen LogP) is 2.43. The largest absolute Gasteiger partial charge is 0.383 e. The zero-order valence-electron chi connectivity index (χ0n) is 17.1. The van der Waals surface area contributed by atoms with E-state index < -0.39 is 0 Å². The van der Waals surface area contributed by atoms with Gasteiger partial charge in [-0.05, 0) is 36.8 Å². The van der Waals surface area contributed by atoms with Crippen LogP contribution in [0.4, 0.5) is 5.82 Å². The molecule has 1 saturated heterocycles. The molecule has 0 radical (unpaired) electrons. The van der Waals surface area contributed by atoms with E-state index in [1.54, 1.807) is 7.11 Å². The van der Waals surface area contributed by atoms with Crippen LogP contribution >= 0.6 is 0 Å². The van der Waals surface area contributed by atoms with Crippen LogP contribution in [0.15, 0.2) is 6.07 Å². The monoisotopic (exact) mass is 374 g/mol. The zero-order chi connectivity index (χ0) is 19.2. The molecule has 2 aliphatic heterocycles. The van der Waals surface area contributed by atoms with Crippen LogP contribution in [0.1, 0.15) is 48.3 Å². The van der Waals surface area contributed by atoms with Crippen LogP contribution in [0.5, 0.6) is 0 Å². The summed E-state index contributed by atoms with van der Waals surface area (Å²) < 4.78 is 5.23. The van der Waals surface area contributed by atoms with Gasteiger partial charge in [-0.2, -0.15) is 0 Å². The van der Waals surface area contributed by atoms with Crippen molar-refractivity contribution in [3.05, 3.63) is 22.9 Å². The van der Waals surface area contributed by atoms with Crippen molar-refractivity contribution in [2.45, 2.75) is 39.5 Å². The van der Waals surface area contributed by atoms with E-state index in [1.165, 1.54) is 5.56 Å². The lowest BCUT2D eigenvalue weighted by molar-refractivity contribution is 0.0793. The second-order valence-corrected chi connectivity index (χ2v) is 8.10. The Morgan fingerprint density at radius 3 is 2.67 bits per heavy atom. The van der Waals surface area contributed by atoms with Gasteiger partial charge in [-0.25, -0.2) is 4.98 Å². The minimum Gasteiger partial charge on any atom is -0.383 e. The Morgan fingerprint density at radius 2 is 1.96 bits per heavy atom. The number of aromatic nitrogens is 1. The number of amides is 1. The van der Waals surface area contributed by atoms with Gasteiger partial charge in [0.25, 0.3) is 5.91 Å². The minimum absolute atomic E-state index is 0.134. The van der Waals surface area contributed by atoms with E-state index in [4.69, 9.17) is 9.72 Å². The lowest BCUT2D eigenvalue weighted by Gasteiger charge is -2.20. The van der Waals surface area contributed by atoms with Crippen LogP contribution in [0.3, 0.4) is 0 Å². The van der Waals surface area contributed by atoms with Crippen LogP contribution in [-0.2, 0) is 17.6 Å². The van der Waals surface area contributed by atoms with Crippen molar-refractivity contribution in [1.29, 1.82) is 0 Å². The van der Waals surface area contributed by atoms with Crippen LogP contribution in [0.25, 0.3) is 0 Å². The van der Waals surface area contributed by atoms with E-state index in [9.17, 15) is 4.79 Å². The Morgan fingerprint density at radius 1 is 1.22 bits per heavy atom. The SMILES string of the molecule is COCCN1CCc2cc(C(=O)N3CCCC3)c(NCC(C)C)nc2CC1.